The van der Waals surface area contributed by atoms with Crippen LogP contribution >= 0.6 is 38.9 Å². The number of thiophene rings is 1. The van der Waals surface area contributed by atoms with Crippen LogP contribution in [-0.2, 0) is 6.42 Å². The topological polar surface area (TPSA) is 17.1 Å². The third-order valence-corrected chi connectivity index (χ3v) is 5.92. The van der Waals surface area contributed by atoms with E-state index in [2.05, 4.69) is 15.9 Å². The molecule has 1 aromatic heterocycles. The van der Waals surface area contributed by atoms with Crippen LogP contribution in [0.1, 0.15) is 39.6 Å². The monoisotopic (exact) mass is 372 g/mol. The SMILES string of the molecule is O=C(c1ccc(Br)c(Cl)c1F)C1CCCc2sccc21. The van der Waals surface area contributed by atoms with Crippen LogP contribution in [-0.4, -0.2) is 5.78 Å². The number of benzene rings is 1. The van der Waals surface area contributed by atoms with Crippen molar-refractivity contribution in [2.24, 2.45) is 0 Å². The molecule has 0 amide bonds. The Morgan fingerprint density at radius 3 is 3.00 bits per heavy atom. The number of carbonyl (C=O) groups is 1. The summed E-state index contributed by atoms with van der Waals surface area (Å²) >= 11 is 10.7. The van der Waals surface area contributed by atoms with E-state index in [4.69, 9.17) is 11.6 Å². The van der Waals surface area contributed by atoms with Crippen LogP contribution in [0.15, 0.2) is 28.1 Å². The fraction of sp³-hybridized carbons (Fsp3) is 0.267. The first-order valence-corrected chi connectivity index (χ1v) is 8.38. The smallest absolute Gasteiger partial charge is 0.173 e. The summed E-state index contributed by atoms with van der Waals surface area (Å²) in [6.45, 7) is 0. The molecule has 1 unspecified atom stereocenters. The summed E-state index contributed by atoms with van der Waals surface area (Å²) in [5.74, 6) is -1.04. The number of Topliss-reactive ketones (excluding diaryl/α,β-unsaturated/α-hetero) is 1. The van der Waals surface area contributed by atoms with Gasteiger partial charge in [-0.2, -0.15) is 0 Å². The van der Waals surface area contributed by atoms with E-state index in [1.54, 1.807) is 17.4 Å². The maximum Gasteiger partial charge on any atom is 0.173 e. The number of fused-ring (bicyclic) bond motifs is 1. The van der Waals surface area contributed by atoms with Gasteiger partial charge in [0.25, 0.3) is 0 Å². The van der Waals surface area contributed by atoms with E-state index < -0.39 is 5.82 Å². The molecule has 1 heterocycles. The van der Waals surface area contributed by atoms with Crippen LogP contribution in [0.4, 0.5) is 4.39 Å². The van der Waals surface area contributed by atoms with Gasteiger partial charge in [-0.05, 0) is 64.3 Å². The third-order valence-electron chi connectivity index (χ3n) is 3.67. The van der Waals surface area contributed by atoms with Crippen LogP contribution in [0.25, 0.3) is 0 Å². The number of rotatable bonds is 2. The molecule has 1 atom stereocenters. The first-order valence-electron chi connectivity index (χ1n) is 6.33. The van der Waals surface area contributed by atoms with Crippen molar-refractivity contribution in [1.82, 2.24) is 0 Å². The number of hydrogen-bond donors (Lipinski definition) is 0. The molecule has 0 fully saturated rings. The van der Waals surface area contributed by atoms with E-state index in [1.807, 2.05) is 11.4 Å². The molecular formula is C15H11BrClFOS. The Hall–Kier alpha value is -0.710. The average Bonchev–Trinajstić information content (AvgIpc) is 2.92. The van der Waals surface area contributed by atoms with Crippen molar-refractivity contribution in [3.05, 3.63) is 54.9 Å². The van der Waals surface area contributed by atoms with E-state index in [0.717, 1.165) is 24.8 Å². The van der Waals surface area contributed by atoms with Crippen molar-refractivity contribution in [2.75, 3.05) is 0 Å². The van der Waals surface area contributed by atoms with Crippen LogP contribution < -0.4 is 0 Å². The fourth-order valence-corrected chi connectivity index (χ4v) is 4.12. The molecule has 0 saturated heterocycles. The highest BCUT2D eigenvalue weighted by atomic mass is 79.9. The molecule has 2 aromatic rings. The zero-order valence-electron chi connectivity index (χ0n) is 10.5. The summed E-state index contributed by atoms with van der Waals surface area (Å²) in [6, 6.07) is 5.12. The summed E-state index contributed by atoms with van der Waals surface area (Å²) in [7, 11) is 0. The van der Waals surface area contributed by atoms with Crippen LogP contribution in [0.3, 0.4) is 0 Å². The third kappa shape index (κ3) is 2.34. The summed E-state index contributed by atoms with van der Waals surface area (Å²) in [5, 5.41) is 1.97. The predicted octanol–water partition coefficient (Wildman–Crippen LogP) is 5.61. The second-order valence-corrected chi connectivity index (χ2v) is 7.06. The van der Waals surface area contributed by atoms with Crippen LogP contribution in [0.5, 0.6) is 0 Å². The van der Waals surface area contributed by atoms with Gasteiger partial charge in [0.05, 0.1) is 10.6 Å². The van der Waals surface area contributed by atoms with Crippen molar-refractivity contribution < 1.29 is 9.18 Å². The molecule has 1 aliphatic rings. The highest BCUT2D eigenvalue weighted by Crippen LogP contribution is 2.38. The number of halogens is 3. The first-order chi connectivity index (χ1) is 9.59. The molecule has 0 radical (unpaired) electrons. The zero-order valence-corrected chi connectivity index (χ0v) is 13.6. The van der Waals surface area contributed by atoms with Gasteiger partial charge in [-0.1, -0.05) is 11.6 Å². The maximum atomic E-state index is 14.2. The Morgan fingerprint density at radius 1 is 1.40 bits per heavy atom. The summed E-state index contributed by atoms with van der Waals surface area (Å²) in [6.07, 6.45) is 2.76. The maximum absolute atomic E-state index is 14.2. The van der Waals surface area contributed by atoms with Gasteiger partial charge in [0, 0.05) is 15.3 Å². The Balaban J connectivity index is 2.01. The highest BCUT2D eigenvalue weighted by Gasteiger charge is 2.30. The van der Waals surface area contributed by atoms with E-state index in [9.17, 15) is 9.18 Å². The number of carbonyl (C=O) groups excluding carboxylic acids is 1. The van der Waals surface area contributed by atoms with Gasteiger partial charge in [-0.15, -0.1) is 11.3 Å². The van der Waals surface area contributed by atoms with Crippen molar-refractivity contribution in [2.45, 2.75) is 25.2 Å². The lowest BCUT2D eigenvalue weighted by atomic mass is 9.82. The van der Waals surface area contributed by atoms with Crippen LogP contribution in [0, 0.1) is 5.82 Å². The van der Waals surface area contributed by atoms with Gasteiger partial charge in [0.2, 0.25) is 0 Å². The van der Waals surface area contributed by atoms with E-state index >= 15 is 0 Å². The summed E-state index contributed by atoms with van der Waals surface area (Å²) in [4.78, 5) is 13.9. The minimum Gasteiger partial charge on any atom is -0.293 e. The molecule has 0 N–H and O–H groups in total. The standard InChI is InChI=1S/C15H11BrClFOS/c16-11-5-4-10(14(18)13(11)17)15(19)9-2-1-3-12-8(9)6-7-20-12/h4-7,9H,1-3H2. The lowest BCUT2D eigenvalue weighted by molar-refractivity contribution is 0.0947. The Bertz CT molecular complexity index is 683. The first kappa shape index (κ1) is 14.2. The van der Waals surface area contributed by atoms with Crippen molar-refractivity contribution in [3.63, 3.8) is 0 Å². The van der Waals surface area contributed by atoms with Crippen molar-refractivity contribution in [1.29, 1.82) is 0 Å². The Labute approximate surface area is 133 Å². The molecule has 3 rings (SSSR count). The molecule has 1 nitrogen and oxygen atoms in total. The molecule has 0 aliphatic heterocycles. The van der Waals surface area contributed by atoms with Gasteiger partial charge in [-0.3, -0.25) is 4.79 Å². The molecular weight excluding hydrogens is 363 g/mol. The normalized spacial score (nSPS) is 17.9. The highest BCUT2D eigenvalue weighted by molar-refractivity contribution is 9.10. The second kappa shape index (κ2) is 5.58. The van der Waals surface area contributed by atoms with Gasteiger partial charge in [0.1, 0.15) is 0 Å². The van der Waals surface area contributed by atoms with Gasteiger partial charge in [0.15, 0.2) is 11.6 Å². The van der Waals surface area contributed by atoms with Gasteiger partial charge in [-0.25, -0.2) is 4.39 Å². The van der Waals surface area contributed by atoms with Gasteiger partial charge >= 0.3 is 0 Å². The van der Waals surface area contributed by atoms with Crippen molar-refractivity contribution in [3.8, 4) is 0 Å². The predicted molar refractivity (Wildman–Crippen MR) is 83.4 cm³/mol. The summed E-state index contributed by atoms with van der Waals surface area (Å²) in [5.41, 5.74) is 1.15. The molecule has 0 saturated carbocycles. The fourth-order valence-electron chi connectivity index (χ4n) is 2.66. The summed E-state index contributed by atoms with van der Waals surface area (Å²) < 4.78 is 14.7. The lowest BCUT2D eigenvalue weighted by Crippen LogP contribution is -2.18. The van der Waals surface area contributed by atoms with Gasteiger partial charge < -0.3 is 0 Å². The average molecular weight is 374 g/mol. The second-order valence-electron chi connectivity index (χ2n) is 4.83. The minimum atomic E-state index is -0.631. The quantitative estimate of drug-likeness (QED) is 0.494. The van der Waals surface area contributed by atoms with Crippen molar-refractivity contribution >= 4 is 44.7 Å². The molecule has 5 heteroatoms. The van der Waals surface area contributed by atoms with E-state index in [-0.39, 0.29) is 22.3 Å². The molecule has 1 aromatic carbocycles. The molecule has 20 heavy (non-hydrogen) atoms. The lowest BCUT2D eigenvalue weighted by Gasteiger charge is -2.21. The van der Waals surface area contributed by atoms with Crippen LogP contribution in [0.2, 0.25) is 5.02 Å². The Morgan fingerprint density at radius 2 is 2.20 bits per heavy atom. The number of ketones is 1. The molecule has 1 aliphatic carbocycles. The van der Waals surface area contributed by atoms with E-state index in [0.29, 0.717) is 4.47 Å². The molecule has 0 bridgehead atoms. The molecule has 104 valence electrons. The Kier molecular flexibility index (Phi) is 3.98. The largest absolute Gasteiger partial charge is 0.293 e. The minimum absolute atomic E-state index is 0.0304. The number of aryl methyl sites for hydroxylation is 1. The zero-order chi connectivity index (χ0) is 14.3. The number of hydrogen-bond acceptors (Lipinski definition) is 2. The van der Waals surface area contributed by atoms with E-state index in [1.165, 1.54) is 10.9 Å². The molecule has 0 spiro atoms.